The Morgan fingerprint density at radius 2 is 2.20 bits per heavy atom. The molecule has 1 heterocycles. The quantitative estimate of drug-likeness (QED) is 0.772. The van der Waals surface area contributed by atoms with Crippen molar-refractivity contribution in [2.75, 3.05) is 13.1 Å². The zero-order valence-corrected chi connectivity index (χ0v) is 10.2. The average Bonchev–Trinajstić information content (AvgIpc) is 2.27. The minimum absolute atomic E-state index is 0.142. The van der Waals surface area contributed by atoms with Crippen LogP contribution in [-0.4, -0.2) is 29.9 Å². The summed E-state index contributed by atoms with van der Waals surface area (Å²) in [6, 6.07) is -0.319. The van der Waals surface area contributed by atoms with Gasteiger partial charge in [-0.3, -0.25) is 4.79 Å². The predicted molar refractivity (Wildman–Crippen MR) is 62.4 cm³/mol. The normalized spacial score (nSPS) is 24.3. The van der Waals surface area contributed by atoms with Crippen LogP contribution in [0.2, 0.25) is 0 Å². The number of nitrogens with zero attached hydrogens (tertiary/aromatic N) is 1. The molecule has 2 atom stereocenters. The van der Waals surface area contributed by atoms with Gasteiger partial charge in [-0.05, 0) is 24.7 Å². The maximum atomic E-state index is 12.0. The largest absolute Gasteiger partial charge is 0.341 e. The van der Waals surface area contributed by atoms with E-state index in [0.29, 0.717) is 5.92 Å². The molecular formula is C12H24N2O. The molecule has 0 bridgehead atoms. The number of likely N-dealkylation sites (tertiary alicyclic amines) is 1. The summed E-state index contributed by atoms with van der Waals surface area (Å²) in [4.78, 5) is 14.0. The van der Waals surface area contributed by atoms with Crippen molar-refractivity contribution in [3.63, 3.8) is 0 Å². The van der Waals surface area contributed by atoms with E-state index < -0.39 is 0 Å². The lowest BCUT2D eigenvalue weighted by Gasteiger charge is -2.34. The van der Waals surface area contributed by atoms with Crippen LogP contribution in [0.1, 0.15) is 40.0 Å². The Kier molecular flexibility index (Phi) is 4.58. The Hall–Kier alpha value is -0.570. The van der Waals surface area contributed by atoms with Crippen LogP contribution in [-0.2, 0) is 4.79 Å². The van der Waals surface area contributed by atoms with E-state index in [0.717, 1.165) is 19.5 Å². The number of carbonyl (C=O) groups excluding carboxylic acids is 1. The Morgan fingerprint density at radius 1 is 1.53 bits per heavy atom. The molecule has 1 aliphatic rings. The van der Waals surface area contributed by atoms with Gasteiger partial charge in [-0.25, -0.2) is 0 Å². The van der Waals surface area contributed by atoms with Crippen LogP contribution in [0.3, 0.4) is 0 Å². The predicted octanol–water partition coefficient (Wildman–Crippen LogP) is 1.62. The fourth-order valence-electron chi connectivity index (χ4n) is 2.09. The summed E-state index contributed by atoms with van der Waals surface area (Å²) in [7, 11) is 0. The minimum atomic E-state index is -0.319. The molecule has 0 aromatic heterocycles. The first kappa shape index (κ1) is 12.5. The highest BCUT2D eigenvalue weighted by molar-refractivity contribution is 5.82. The van der Waals surface area contributed by atoms with Crippen molar-refractivity contribution in [1.82, 2.24) is 4.90 Å². The standard InChI is InChI=1S/C12H24N2O/c1-4-10-6-5-7-14(8-10)12(15)11(13)9(2)3/h9-11H,4-8,13H2,1-3H3. The molecule has 1 saturated heterocycles. The molecule has 1 amide bonds. The van der Waals surface area contributed by atoms with Gasteiger partial charge in [-0.2, -0.15) is 0 Å². The van der Waals surface area contributed by atoms with E-state index in [-0.39, 0.29) is 17.9 Å². The second-order valence-corrected chi connectivity index (χ2v) is 4.97. The number of carbonyl (C=O) groups is 1. The number of hydrogen-bond acceptors (Lipinski definition) is 2. The summed E-state index contributed by atoms with van der Waals surface area (Å²) in [6.45, 7) is 8.01. The Bertz CT molecular complexity index is 216. The number of amides is 1. The molecule has 0 aromatic carbocycles. The van der Waals surface area contributed by atoms with Crippen LogP contribution < -0.4 is 5.73 Å². The van der Waals surface area contributed by atoms with Gasteiger partial charge in [0.05, 0.1) is 6.04 Å². The Labute approximate surface area is 93.0 Å². The topological polar surface area (TPSA) is 46.3 Å². The van der Waals surface area contributed by atoms with Crippen LogP contribution >= 0.6 is 0 Å². The monoisotopic (exact) mass is 212 g/mol. The Morgan fingerprint density at radius 3 is 2.73 bits per heavy atom. The molecule has 2 N–H and O–H groups in total. The molecule has 0 aliphatic carbocycles. The second kappa shape index (κ2) is 5.50. The molecule has 15 heavy (non-hydrogen) atoms. The number of piperidine rings is 1. The fourth-order valence-corrected chi connectivity index (χ4v) is 2.09. The highest BCUT2D eigenvalue weighted by atomic mass is 16.2. The van der Waals surface area contributed by atoms with Crippen molar-refractivity contribution in [3.8, 4) is 0 Å². The van der Waals surface area contributed by atoms with E-state index in [9.17, 15) is 4.79 Å². The van der Waals surface area contributed by atoms with Gasteiger partial charge in [-0.1, -0.05) is 27.2 Å². The summed E-state index contributed by atoms with van der Waals surface area (Å²) >= 11 is 0. The molecule has 0 aromatic rings. The van der Waals surface area contributed by atoms with Gasteiger partial charge in [0.15, 0.2) is 0 Å². The summed E-state index contributed by atoms with van der Waals surface area (Å²) < 4.78 is 0. The second-order valence-electron chi connectivity index (χ2n) is 4.97. The fraction of sp³-hybridized carbons (Fsp3) is 0.917. The van der Waals surface area contributed by atoms with E-state index in [4.69, 9.17) is 5.73 Å². The van der Waals surface area contributed by atoms with Gasteiger partial charge in [0.1, 0.15) is 0 Å². The van der Waals surface area contributed by atoms with E-state index >= 15 is 0 Å². The van der Waals surface area contributed by atoms with Gasteiger partial charge < -0.3 is 10.6 Å². The number of nitrogens with two attached hydrogens (primary N) is 1. The number of hydrogen-bond donors (Lipinski definition) is 1. The van der Waals surface area contributed by atoms with Crippen molar-refractivity contribution in [1.29, 1.82) is 0 Å². The van der Waals surface area contributed by atoms with Gasteiger partial charge in [0, 0.05) is 13.1 Å². The summed E-state index contributed by atoms with van der Waals surface area (Å²) in [5, 5.41) is 0. The van der Waals surface area contributed by atoms with Crippen LogP contribution in [0, 0.1) is 11.8 Å². The van der Waals surface area contributed by atoms with Crippen molar-refractivity contribution < 1.29 is 4.79 Å². The van der Waals surface area contributed by atoms with E-state index in [2.05, 4.69) is 6.92 Å². The van der Waals surface area contributed by atoms with Crippen LogP contribution in [0.4, 0.5) is 0 Å². The summed E-state index contributed by atoms with van der Waals surface area (Å²) in [5.74, 6) is 1.06. The third-order valence-corrected chi connectivity index (χ3v) is 3.41. The molecule has 3 nitrogen and oxygen atoms in total. The highest BCUT2D eigenvalue weighted by Gasteiger charge is 2.27. The smallest absolute Gasteiger partial charge is 0.239 e. The summed E-state index contributed by atoms with van der Waals surface area (Å²) in [6.07, 6.45) is 3.56. The first-order valence-electron chi connectivity index (χ1n) is 6.10. The molecule has 0 saturated carbocycles. The van der Waals surface area contributed by atoms with Crippen LogP contribution in [0.25, 0.3) is 0 Å². The van der Waals surface area contributed by atoms with E-state index in [1.165, 1.54) is 12.8 Å². The van der Waals surface area contributed by atoms with Gasteiger partial charge in [0.2, 0.25) is 5.91 Å². The minimum Gasteiger partial charge on any atom is -0.341 e. The zero-order valence-electron chi connectivity index (χ0n) is 10.2. The molecule has 1 aliphatic heterocycles. The molecule has 3 heteroatoms. The SMILES string of the molecule is CCC1CCCN(C(=O)C(N)C(C)C)C1. The first-order chi connectivity index (χ1) is 7.06. The van der Waals surface area contributed by atoms with Gasteiger partial charge >= 0.3 is 0 Å². The third kappa shape index (κ3) is 3.20. The Balaban J connectivity index is 2.52. The lowest BCUT2D eigenvalue weighted by atomic mass is 9.94. The molecule has 0 spiro atoms. The van der Waals surface area contributed by atoms with E-state index in [1.54, 1.807) is 0 Å². The molecule has 1 rings (SSSR count). The van der Waals surface area contributed by atoms with Gasteiger partial charge in [0.25, 0.3) is 0 Å². The first-order valence-corrected chi connectivity index (χ1v) is 6.10. The van der Waals surface area contributed by atoms with E-state index in [1.807, 2.05) is 18.7 Å². The maximum Gasteiger partial charge on any atom is 0.239 e. The van der Waals surface area contributed by atoms with Crippen molar-refractivity contribution in [2.45, 2.75) is 46.1 Å². The highest BCUT2D eigenvalue weighted by Crippen LogP contribution is 2.20. The molecule has 2 unspecified atom stereocenters. The number of rotatable bonds is 3. The van der Waals surface area contributed by atoms with Gasteiger partial charge in [-0.15, -0.1) is 0 Å². The third-order valence-electron chi connectivity index (χ3n) is 3.41. The summed E-state index contributed by atoms with van der Waals surface area (Å²) in [5.41, 5.74) is 5.89. The van der Waals surface area contributed by atoms with Crippen molar-refractivity contribution >= 4 is 5.91 Å². The van der Waals surface area contributed by atoms with Crippen molar-refractivity contribution in [3.05, 3.63) is 0 Å². The lowest BCUT2D eigenvalue weighted by molar-refractivity contribution is -0.135. The van der Waals surface area contributed by atoms with Crippen LogP contribution in [0.15, 0.2) is 0 Å². The molecular weight excluding hydrogens is 188 g/mol. The molecule has 1 fully saturated rings. The zero-order chi connectivity index (χ0) is 11.4. The molecule has 0 radical (unpaired) electrons. The van der Waals surface area contributed by atoms with Crippen LogP contribution in [0.5, 0.6) is 0 Å². The van der Waals surface area contributed by atoms with Crippen molar-refractivity contribution in [2.24, 2.45) is 17.6 Å². The maximum absolute atomic E-state index is 12.0. The average molecular weight is 212 g/mol. The lowest BCUT2D eigenvalue weighted by Crippen LogP contribution is -2.49. The molecule has 88 valence electrons.